The molecule has 24 heavy (non-hydrogen) atoms. The van der Waals surface area contributed by atoms with Gasteiger partial charge in [0.05, 0.1) is 0 Å². The van der Waals surface area contributed by atoms with Crippen molar-refractivity contribution >= 4 is 11.8 Å². The Morgan fingerprint density at radius 3 is 3.00 bits per heavy atom. The van der Waals surface area contributed by atoms with E-state index in [2.05, 4.69) is 4.98 Å². The van der Waals surface area contributed by atoms with Crippen LogP contribution in [0.5, 0.6) is 0 Å². The number of hydrogen-bond acceptors (Lipinski definition) is 3. The van der Waals surface area contributed by atoms with Gasteiger partial charge in [0.25, 0.3) is 0 Å². The number of aromatic nitrogens is 1. The monoisotopic (exact) mass is 327 g/mol. The molecular weight excluding hydrogens is 302 g/mol. The van der Waals surface area contributed by atoms with Crippen molar-refractivity contribution in [3.63, 3.8) is 0 Å². The van der Waals surface area contributed by atoms with Crippen LogP contribution < -0.4 is 0 Å². The lowest BCUT2D eigenvalue weighted by atomic mass is 9.73. The van der Waals surface area contributed by atoms with Crippen LogP contribution in [0, 0.1) is 5.41 Å². The Morgan fingerprint density at radius 2 is 2.25 bits per heavy atom. The molecule has 2 aliphatic heterocycles. The third-order valence-electron chi connectivity index (χ3n) is 5.13. The molecule has 1 aromatic heterocycles. The van der Waals surface area contributed by atoms with E-state index in [4.69, 9.17) is 0 Å². The van der Waals surface area contributed by atoms with Crippen LogP contribution in [0.2, 0.25) is 0 Å². The molecule has 128 valence electrons. The first kappa shape index (κ1) is 16.7. The number of likely N-dealkylation sites (tertiary alicyclic amines) is 2. The predicted molar refractivity (Wildman–Crippen MR) is 91.9 cm³/mol. The van der Waals surface area contributed by atoms with Crippen LogP contribution in [0.15, 0.2) is 36.7 Å². The molecule has 3 rings (SSSR count). The molecule has 3 heterocycles. The maximum absolute atomic E-state index is 12.4. The van der Waals surface area contributed by atoms with E-state index in [1.54, 1.807) is 18.3 Å². The fraction of sp³-hybridized carbons (Fsp3) is 0.526. The third-order valence-corrected chi connectivity index (χ3v) is 5.13. The van der Waals surface area contributed by atoms with Gasteiger partial charge in [0, 0.05) is 50.4 Å². The van der Waals surface area contributed by atoms with Crippen LogP contribution in [0.1, 0.15) is 38.2 Å². The van der Waals surface area contributed by atoms with Gasteiger partial charge >= 0.3 is 0 Å². The fourth-order valence-corrected chi connectivity index (χ4v) is 3.94. The van der Waals surface area contributed by atoms with Crippen LogP contribution in [0.4, 0.5) is 0 Å². The number of nitrogens with zero attached hydrogens (tertiary/aromatic N) is 3. The molecule has 1 spiro atoms. The number of hydrogen-bond donors (Lipinski definition) is 0. The molecule has 2 aliphatic rings. The second kappa shape index (κ2) is 7.16. The zero-order valence-corrected chi connectivity index (χ0v) is 14.3. The molecule has 5 heteroatoms. The Kier molecular flexibility index (Phi) is 4.97. The summed E-state index contributed by atoms with van der Waals surface area (Å²) in [6.45, 7) is 4.79. The van der Waals surface area contributed by atoms with Crippen molar-refractivity contribution in [2.75, 3.05) is 19.6 Å². The molecule has 0 radical (unpaired) electrons. The molecule has 0 aliphatic carbocycles. The number of amides is 2. The van der Waals surface area contributed by atoms with Gasteiger partial charge < -0.3 is 9.80 Å². The number of carbonyl (C=O) groups is 2. The van der Waals surface area contributed by atoms with Crippen LogP contribution in [-0.4, -0.2) is 46.2 Å². The number of carbonyl (C=O) groups excluding carboxylic acids is 2. The summed E-state index contributed by atoms with van der Waals surface area (Å²) in [5.74, 6) is 0.300. The highest BCUT2D eigenvalue weighted by Gasteiger charge is 2.42. The number of pyridine rings is 1. The van der Waals surface area contributed by atoms with Gasteiger partial charge in [-0.3, -0.25) is 14.6 Å². The van der Waals surface area contributed by atoms with Crippen molar-refractivity contribution in [3.05, 3.63) is 42.2 Å². The van der Waals surface area contributed by atoms with Crippen LogP contribution in [0.25, 0.3) is 0 Å². The van der Waals surface area contributed by atoms with Crippen molar-refractivity contribution in [2.45, 2.75) is 39.2 Å². The molecule has 0 bridgehead atoms. The predicted octanol–water partition coefficient (Wildman–Crippen LogP) is 2.39. The second-order valence-corrected chi connectivity index (χ2v) is 6.97. The van der Waals surface area contributed by atoms with E-state index >= 15 is 0 Å². The average Bonchev–Trinajstić information content (AvgIpc) is 2.60. The summed E-state index contributed by atoms with van der Waals surface area (Å²) < 4.78 is 0. The highest BCUT2D eigenvalue weighted by molar-refractivity contribution is 5.87. The molecule has 1 unspecified atom stereocenters. The van der Waals surface area contributed by atoms with Gasteiger partial charge in [-0.25, -0.2) is 0 Å². The summed E-state index contributed by atoms with van der Waals surface area (Å²) in [5, 5.41) is 0. The lowest BCUT2D eigenvalue weighted by molar-refractivity contribution is -0.142. The zero-order chi connectivity index (χ0) is 17.0. The first-order valence-corrected chi connectivity index (χ1v) is 8.70. The van der Waals surface area contributed by atoms with Crippen molar-refractivity contribution in [1.82, 2.24) is 14.8 Å². The molecule has 1 aromatic rings. The highest BCUT2D eigenvalue weighted by atomic mass is 16.2. The van der Waals surface area contributed by atoms with E-state index in [1.807, 2.05) is 35.1 Å². The largest absolute Gasteiger partial charge is 0.339 e. The van der Waals surface area contributed by atoms with E-state index in [0.29, 0.717) is 13.0 Å². The Bertz CT molecular complexity index is 629. The van der Waals surface area contributed by atoms with E-state index in [0.717, 1.165) is 44.5 Å². The quantitative estimate of drug-likeness (QED) is 0.801. The van der Waals surface area contributed by atoms with Gasteiger partial charge in [-0.1, -0.05) is 12.1 Å². The normalized spacial score (nSPS) is 24.8. The number of rotatable bonds is 3. The van der Waals surface area contributed by atoms with Crippen molar-refractivity contribution in [2.24, 2.45) is 5.41 Å². The van der Waals surface area contributed by atoms with Gasteiger partial charge in [-0.05, 0) is 43.9 Å². The van der Waals surface area contributed by atoms with Gasteiger partial charge in [-0.15, -0.1) is 0 Å². The van der Waals surface area contributed by atoms with Crippen LogP contribution in [-0.2, 0) is 16.1 Å². The van der Waals surface area contributed by atoms with E-state index in [-0.39, 0.29) is 17.2 Å². The Morgan fingerprint density at radius 1 is 1.38 bits per heavy atom. The summed E-state index contributed by atoms with van der Waals surface area (Å²) in [6.07, 6.45) is 10.6. The van der Waals surface area contributed by atoms with Gasteiger partial charge in [-0.2, -0.15) is 0 Å². The SMILES string of the molecule is CC=CC(=O)N1CCCC2(CCC(=O)N(Cc3cccnc3)C2)C1. The fourth-order valence-electron chi connectivity index (χ4n) is 3.94. The molecular formula is C19H25N3O2. The Hall–Kier alpha value is -2.17. The maximum atomic E-state index is 12.4. The van der Waals surface area contributed by atoms with Crippen molar-refractivity contribution in [1.29, 1.82) is 0 Å². The minimum absolute atomic E-state index is 0.0472. The summed E-state index contributed by atoms with van der Waals surface area (Å²) in [6, 6.07) is 3.90. The van der Waals surface area contributed by atoms with E-state index in [1.165, 1.54) is 0 Å². The smallest absolute Gasteiger partial charge is 0.246 e. The lowest BCUT2D eigenvalue weighted by Gasteiger charge is -2.48. The summed E-state index contributed by atoms with van der Waals surface area (Å²) in [7, 11) is 0. The van der Waals surface area contributed by atoms with Crippen molar-refractivity contribution in [3.8, 4) is 0 Å². The standard InChI is InChI=1S/C19H25N3O2/c1-2-5-17(23)21-11-4-8-19(14-21)9-7-18(24)22(15-19)13-16-6-3-10-20-12-16/h2-3,5-6,10,12H,4,7-9,11,13-15H2,1H3. The van der Waals surface area contributed by atoms with Crippen molar-refractivity contribution < 1.29 is 9.59 Å². The minimum Gasteiger partial charge on any atom is -0.339 e. The minimum atomic E-state index is 0.0472. The number of allylic oxidation sites excluding steroid dienone is 1. The topological polar surface area (TPSA) is 53.5 Å². The van der Waals surface area contributed by atoms with Gasteiger partial charge in [0.2, 0.25) is 11.8 Å². The molecule has 5 nitrogen and oxygen atoms in total. The van der Waals surface area contributed by atoms with Gasteiger partial charge in [0.1, 0.15) is 0 Å². The van der Waals surface area contributed by atoms with Gasteiger partial charge in [0.15, 0.2) is 0 Å². The van der Waals surface area contributed by atoms with E-state index < -0.39 is 0 Å². The molecule has 1 atom stereocenters. The van der Waals surface area contributed by atoms with E-state index in [9.17, 15) is 9.59 Å². The molecule has 0 N–H and O–H groups in total. The first-order chi connectivity index (χ1) is 11.6. The third kappa shape index (κ3) is 3.66. The maximum Gasteiger partial charge on any atom is 0.246 e. The summed E-state index contributed by atoms with van der Waals surface area (Å²) in [4.78, 5) is 32.6. The second-order valence-electron chi connectivity index (χ2n) is 6.97. The molecule has 0 aromatic carbocycles. The molecule has 2 fully saturated rings. The number of piperidine rings is 2. The molecule has 0 saturated carbocycles. The average molecular weight is 327 g/mol. The highest BCUT2D eigenvalue weighted by Crippen LogP contribution is 2.39. The summed E-state index contributed by atoms with van der Waals surface area (Å²) in [5.41, 5.74) is 1.10. The zero-order valence-electron chi connectivity index (χ0n) is 14.3. The molecule has 2 saturated heterocycles. The Labute approximate surface area is 143 Å². The lowest BCUT2D eigenvalue weighted by Crippen LogP contribution is -2.54. The van der Waals surface area contributed by atoms with Crippen LogP contribution in [0.3, 0.4) is 0 Å². The summed E-state index contributed by atoms with van der Waals surface area (Å²) >= 11 is 0. The first-order valence-electron chi connectivity index (χ1n) is 8.70. The Balaban J connectivity index is 1.71. The van der Waals surface area contributed by atoms with Crippen LogP contribution >= 0.6 is 0 Å². The molecule has 2 amide bonds.